The molecule has 1 aromatic rings. The first-order valence-corrected chi connectivity index (χ1v) is 6.50. The summed E-state index contributed by atoms with van der Waals surface area (Å²) in [6.45, 7) is 4.70. The number of anilines is 1. The van der Waals surface area contributed by atoms with E-state index in [2.05, 4.69) is 46.0 Å². The molecule has 0 bridgehead atoms. The minimum Gasteiger partial charge on any atom is -0.369 e. The van der Waals surface area contributed by atoms with E-state index >= 15 is 0 Å². The van der Waals surface area contributed by atoms with Gasteiger partial charge in [-0.25, -0.2) is 0 Å². The highest BCUT2D eigenvalue weighted by Crippen LogP contribution is 2.50. The van der Waals surface area contributed by atoms with Gasteiger partial charge in [0.1, 0.15) is 0 Å². The van der Waals surface area contributed by atoms with Gasteiger partial charge in [0.2, 0.25) is 0 Å². The summed E-state index contributed by atoms with van der Waals surface area (Å²) in [5.41, 5.74) is 3.43. The van der Waals surface area contributed by atoms with Gasteiger partial charge in [-0.3, -0.25) is 0 Å². The zero-order valence-electron chi connectivity index (χ0n) is 9.09. The predicted molar refractivity (Wildman–Crippen MR) is 67.4 cm³/mol. The van der Waals surface area contributed by atoms with Crippen molar-refractivity contribution in [2.75, 3.05) is 18.0 Å². The topological polar surface area (TPSA) is 3.24 Å². The summed E-state index contributed by atoms with van der Waals surface area (Å²) in [5.74, 6) is 0. The molecule has 0 atom stereocenters. The molecule has 80 valence electrons. The first-order chi connectivity index (χ1) is 7.20. The number of rotatable bonds is 1. The highest BCUT2D eigenvalue weighted by atomic mass is 79.9. The molecular weight excluding hydrogens is 250 g/mol. The Bertz CT molecular complexity index is 388. The second-order valence-corrected chi connectivity index (χ2v) is 5.91. The Morgan fingerprint density at radius 2 is 2.00 bits per heavy atom. The van der Waals surface area contributed by atoms with Crippen LogP contribution in [0.4, 0.5) is 5.69 Å². The molecule has 1 heterocycles. The van der Waals surface area contributed by atoms with E-state index in [9.17, 15) is 0 Å². The van der Waals surface area contributed by atoms with Gasteiger partial charge >= 0.3 is 0 Å². The molecule has 0 amide bonds. The third-order valence-electron chi connectivity index (χ3n) is 3.98. The van der Waals surface area contributed by atoms with E-state index in [0.717, 1.165) is 0 Å². The van der Waals surface area contributed by atoms with Crippen LogP contribution in [0.2, 0.25) is 0 Å². The van der Waals surface area contributed by atoms with Crippen molar-refractivity contribution in [3.63, 3.8) is 0 Å². The summed E-state index contributed by atoms with van der Waals surface area (Å²) in [6, 6.07) is 6.54. The highest BCUT2D eigenvalue weighted by Gasteiger charge is 2.47. The minimum atomic E-state index is 0.711. The average molecular weight is 266 g/mol. The maximum atomic E-state index is 3.69. The van der Waals surface area contributed by atoms with Crippen molar-refractivity contribution < 1.29 is 0 Å². The molecule has 1 nitrogen and oxygen atoms in total. The van der Waals surface area contributed by atoms with Crippen molar-refractivity contribution in [3.05, 3.63) is 28.2 Å². The Balaban J connectivity index is 1.80. The number of halogens is 1. The number of hydrogen-bond donors (Lipinski definition) is 0. The Morgan fingerprint density at radius 1 is 1.27 bits per heavy atom. The van der Waals surface area contributed by atoms with Crippen molar-refractivity contribution >= 4 is 21.6 Å². The number of nitrogens with zero attached hydrogens (tertiary/aromatic N) is 1. The number of benzene rings is 1. The Labute approximate surface area is 99.6 Å². The van der Waals surface area contributed by atoms with E-state index in [-0.39, 0.29) is 0 Å². The molecule has 0 aromatic heterocycles. The first kappa shape index (κ1) is 9.71. The monoisotopic (exact) mass is 265 g/mol. The smallest absolute Gasteiger partial charge is 0.0513 e. The number of hydrogen-bond acceptors (Lipinski definition) is 1. The molecule has 1 aliphatic heterocycles. The fourth-order valence-electron chi connectivity index (χ4n) is 2.80. The second-order valence-electron chi connectivity index (χ2n) is 5.12. The van der Waals surface area contributed by atoms with E-state index in [0.29, 0.717) is 5.41 Å². The van der Waals surface area contributed by atoms with Gasteiger partial charge in [0.25, 0.3) is 0 Å². The van der Waals surface area contributed by atoms with Crippen LogP contribution in [-0.4, -0.2) is 13.1 Å². The molecule has 2 fully saturated rings. The lowest BCUT2D eigenvalue weighted by atomic mass is 9.63. The van der Waals surface area contributed by atoms with E-state index in [1.165, 1.54) is 48.1 Å². The molecule has 1 aromatic carbocycles. The molecule has 2 heteroatoms. The van der Waals surface area contributed by atoms with Gasteiger partial charge in [-0.05, 0) is 47.3 Å². The summed E-state index contributed by atoms with van der Waals surface area (Å²) in [7, 11) is 0. The lowest BCUT2D eigenvalue weighted by Crippen LogP contribution is -2.60. The minimum absolute atomic E-state index is 0.711. The van der Waals surface area contributed by atoms with Crippen LogP contribution in [0, 0.1) is 12.3 Å². The zero-order chi connectivity index (χ0) is 10.5. The molecule has 1 saturated carbocycles. The van der Waals surface area contributed by atoms with Crippen molar-refractivity contribution in [3.8, 4) is 0 Å². The highest BCUT2D eigenvalue weighted by molar-refractivity contribution is 9.10. The Hall–Kier alpha value is -0.500. The third-order valence-corrected chi connectivity index (χ3v) is 5.01. The van der Waals surface area contributed by atoms with Crippen molar-refractivity contribution in [1.82, 2.24) is 0 Å². The van der Waals surface area contributed by atoms with Gasteiger partial charge in [0.15, 0.2) is 0 Å². The van der Waals surface area contributed by atoms with Crippen LogP contribution in [-0.2, 0) is 0 Å². The van der Waals surface area contributed by atoms with Crippen molar-refractivity contribution in [1.29, 1.82) is 0 Å². The molecule has 15 heavy (non-hydrogen) atoms. The molecule has 2 aliphatic rings. The lowest BCUT2D eigenvalue weighted by molar-refractivity contribution is 0.0903. The largest absolute Gasteiger partial charge is 0.369 e. The van der Waals surface area contributed by atoms with Crippen LogP contribution in [0.25, 0.3) is 0 Å². The van der Waals surface area contributed by atoms with E-state index in [4.69, 9.17) is 0 Å². The third kappa shape index (κ3) is 1.42. The van der Waals surface area contributed by atoms with Gasteiger partial charge in [0.05, 0.1) is 5.69 Å². The quantitative estimate of drug-likeness (QED) is 0.748. The van der Waals surface area contributed by atoms with Gasteiger partial charge in [-0.1, -0.05) is 18.6 Å². The van der Waals surface area contributed by atoms with Gasteiger partial charge in [0, 0.05) is 23.0 Å². The van der Waals surface area contributed by atoms with Crippen molar-refractivity contribution in [2.24, 2.45) is 5.41 Å². The van der Waals surface area contributed by atoms with E-state index < -0.39 is 0 Å². The Morgan fingerprint density at radius 3 is 2.60 bits per heavy atom. The van der Waals surface area contributed by atoms with Gasteiger partial charge in [-0.15, -0.1) is 0 Å². The maximum Gasteiger partial charge on any atom is 0.0513 e. The van der Waals surface area contributed by atoms with Gasteiger partial charge < -0.3 is 4.90 Å². The SMILES string of the molecule is Cc1cccc(N2CC3(CCC3)C2)c1Br. The fourth-order valence-corrected chi connectivity index (χ4v) is 3.32. The lowest BCUT2D eigenvalue weighted by Gasteiger charge is -2.57. The van der Waals surface area contributed by atoms with Crippen LogP contribution >= 0.6 is 15.9 Å². The Kier molecular flexibility index (Phi) is 2.10. The summed E-state index contributed by atoms with van der Waals surface area (Å²) in [6.07, 6.45) is 4.35. The summed E-state index contributed by atoms with van der Waals surface area (Å²) in [4.78, 5) is 2.51. The summed E-state index contributed by atoms with van der Waals surface area (Å²) in [5, 5.41) is 0. The zero-order valence-corrected chi connectivity index (χ0v) is 10.7. The van der Waals surface area contributed by atoms with E-state index in [1.807, 2.05) is 0 Å². The molecule has 3 rings (SSSR count). The van der Waals surface area contributed by atoms with Crippen molar-refractivity contribution in [2.45, 2.75) is 26.2 Å². The molecule has 1 spiro atoms. The van der Waals surface area contributed by atoms with E-state index in [1.54, 1.807) is 0 Å². The summed E-state index contributed by atoms with van der Waals surface area (Å²) >= 11 is 3.69. The second kappa shape index (κ2) is 3.24. The van der Waals surface area contributed by atoms with Gasteiger partial charge in [-0.2, -0.15) is 0 Å². The fraction of sp³-hybridized carbons (Fsp3) is 0.538. The van der Waals surface area contributed by atoms with Crippen LogP contribution in [0.5, 0.6) is 0 Å². The molecule has 1 aliphatic carbocycles. The number of aryl methyl sites for hydroxylation is 1. The van der Waals surface area contributed by atoms with Crippen LogP contribution < -0.4 is 4.90 Å². The molecule has 0 N–H and O–H groups in total. The molecule has 0 radical (unpaired) electrons. The summed E-state index contributed by atoms with van der Waals surface area (Å²) < 4.78 is 1.28. The predicted octanol–water partition coefficient (Wildman–Crippen LogP) is 3.75. The van der Waals surface area contributed by atoms with Crippen LogP contribution in [0.3, 0.4) is 0 Å². The normalized spacial score (nSPS) is 22.4. The maximum absolute atomic E-state index is 3.69. The van der Waals surface area contributed by atoms with Crippen LogP contribution in [0.15, 0.2) is 22.7 Å². The standard InChI is InChI=1S/C13H16BrN/c1-10-4-2-5-11(12(10)14)15-8-13(9-15)6-3-7-13/h2,4-5H,3,6-9H2,1H3. The average Bonchev–Trinajstić information content (AvgIpc) is 2.07. The molecule has 1 saturated heterocycles. The first-order valence-electron chi connectivity index (χ1n) is 5.70. The molecule has 0 unspecified atom stereocenters. The molecular formula is C13H16BrN. The van der Waals surface area contributed by atoms with Crippen LogP contribution in [0.1, 0.15) is 24.8 Å².